The van der Waals surface area contributed by atoms with Gasteiger partial charge in [0.2, 0.25) is 0 Å². The predicted octanol–water partition coefficient (Wildman–Crippen LogP) is 3.32. The normalized spacial score (nSPS) is 10.2. The third-order valence-corrected chi connectivity index (χ3v) is 2.87. The fourth-order valence-electron chi connectivity index (χ4n) is 1.40. The lowest BCUT2D eigenvalue weighted by molar-refractivity contribution is -0.384. The number of hydrogen-bond acceptors (Lipinski definition) is 4. The fourth-order valence-corrected chi connectivity index (χ4v) is 1.89. The van der Waals surface area contributed by atoms with Crippen LogP contribution < -0.4 is 0 Å². The standard InChI is InChI=1S/C10H3Cl2N3O2/c11-8-2-6(15(16)17)1-7-9(12)5(3-13)4-14-10(7)8/h1-2,4H. The van der Waals surface area contributed by atoms with Gasteiger partial charge >= 0.3 is 0 Å². The van der Waals surface area contributed by atoms with Gasteiger partial charge in [0, 0.05) is 23.7 Å². The van der Waals surface area contributed by atoms with Gasteiger partial charge in [0.1, 0.15) is 6.07 Å². The number of fused-ring (bicyclic) bond motifs is 1. The number of benzene rings is 1. The van der Waals surface area contributed by atoms with Crippen LogP contribution in [0.5, 0.6) is 0 Å². The minimum atomic E-state index is -0.583. The van der Waals surface area contributed by atoms with Crippen molar-refractivity contribution < 1.29 is 4.92 Å². The molecule has 0 saturated heterocycles. The molecule has 2 aromatic rings. The van der Waals surface area contributed by atoms with E-state index >= 15 is 0 Å². The largest absolute Gasteiger partial charge is 0.271 e. The molecule has 0 bridgehead atoms. The van der Waals surface area contributed by atoms with Gasteiger partial charge in [-0.1, -0.05) is 23.2 Å². The Labute approximate surface area is 105 Å². The Morgan fingerprint density at radius 3 is 2.71 bits per heavy atom. The van der Waals surface area contributed by atoms with Gasteiger partial charge < -0.3 is 0 Å². The summed E-state index contributed by atoms with van der Waals surface area (Å²) in [6, 6.07) is 4.29. The summed E-state index contributed by atoms with van der Waals surface area (Å²) in [6.45, 7) is 0. The van der Waals surface area contributed by atoms with Crippen molar-refractivity contribution in [2.75, 3.05) is 0 Å². The summed E-state index contributed by atoms with van der Waals surface area (Å²) in [5.74, 6) is 0. The van der Waals surface area contributed by atoms with Crippen molar-refractivity contribution in [3.8, 4) is 6.07 Å². The molecule has 0 radical (unpaired) electrons. The van der Waals surface area contributed by atoms with Gasteiger partial charge in [-0.25, -0.2) is 0 Å². The second-order valence-electron chi connectivity index (χ2n) is 3.18. The molecular formula is C10H3Cl2N3O2. The molecular weight excluding hydrogens is 265 g/mol. The zero-order valence-corrected chi connectivity index (χ0v) is 9.66. The molecule has 0 saturated carbocycles. The van der Waals surface area contributed by atoms with Crippen molar-refractivity contribution in [3.63, 3.8) is 0 Å². The summed E-state index contributed by atoms with van der Waals surface area (Å²) >= 11 is 11.8. The average molecular weight is 268 g/mol. The van der Waals surface area contributed by atoms with Crippen molar-refractivity contribution in [1.82, 2.24) is 4.98 Å². The molecule has 0 N–H and O–H groups in total. The Bertz CT molecular complexity index is 679. The monoisotopic (exact) mass is 267 g/mol. The maximum Gasteiger partial charge on any atom is 0.271 e. The topological polar surface area (TPSA) is 79.8 Å². The highest BCUT2D eigenvalue weighted by atomic mass is 35.5. The van der Waals surface area contributed by atoms with Crippen LogP contribution >= 0.6 is 23.2 Å². The minimum absolute atomic E-state index is 0.114. The van der Waals surface area contributed by atoms with E-state index in [1.54, 1.807) is 0 Å². The molecule has 0 amide bonds. The number of halogens is 2. The van der Waals surface area contributed by atoms with E-state index in [1.807, 2.05) is 6.07 Å². The molecule has 5 nitrogen and oxygen atoms in total. The van der Waals surface area contributed by atoms with E-state index in [0.29, 0.717) is 10.9 Å². The quantitative estimate of drug-likeness (QED) is 0.586. The summed E-state index contributed by atoms with van der Waals surface area (Å²) in [5, 5.41) is 20.0. The lowest BCUT2D eigenvalue weighted by Gasteiger charge is -2.03. The van der Waals surface area contributed by atoms with Crippen molar-refractivity contribution in [3.05, 3.63) is 44.1 Å². The summed E-state index contributed by atoms with van der Waals surface area (Å²) < 4.78 is 0. The molecule has 0 fully saturated rings. The Kier molecular flexibility index (Phi) is 2.84. The molecule has 7 heteroatoms. The summed E-state index contributed by atoms with van der Waals surface area (Å²) in [4.78, 5) is 14.0. The van der Waals surface area contributed by atoms with Crippen molar-refractivity contribution in [1.29, 1.82) is 5.26 Å². The van der Waals surface area contributed by atoms with Gasteiger partial charge in [0.15, 0.2) is 0 Å². The molecule has 0 atom stereocenters. The van der Waals surface area contributed by atoms with Crippen LogP contribution in [0, 0.1) is 21.4 Å². The third-order valence-electron chi connectivity index (χ3n) is 2.18. The maximum atomic E-state index is 10.7. The zero-order valence-electron chi connectivity index (χ0n) is 8.15. The number of nitro benzene ring substituents is 1. The second-order valence-corrected chi connectivity index (χ2v) is 3.96. The minimum Gasteiger partial charge on any atom is -0.258 e. The highest BCUT2D eigenvalue weighted by molar-refractivity contribution is 6.40. The molecule has 1 aromatic heterocycles. The molecule has 0 unspecified atom stereocenters. The molecule has 2 rings (SSSR count). The Morgan fingerprint density at radius 2 is 2.12 bits per heavy atom. The molecule has 1 aromatic carbocycles. The Hall–Kier alpha value is -1.90. The third kappa shape index (κ3) is 1.88. The van der Waals surface area contributed by atoms with Crippen molar-refractivity contribution in [2.45, 2.75) is 0 Å². The van der Waals surface area contributed by atoms with E-state index < -0.39 is 4.92 Å². The Morgan fingerprint density at radius 1 is 1.41 bits per heavy atom. The summed E-state index contributed by atoms with van der Waals surface area (Å²) in [5.41, 5.74) is 0.290. The summed E-state index contributed by atoms with van der Waals surface area (Å²) in [6.07, 6.45) is 1.28. The first kappa shape index (κ1) is 11.6. The number of rotatable bonds is 1. The maximum absolute atomic E-state index is 10.7. The first-order chi connectivity index (χ1) is 8.04. The first-order valence-electron chi connectivity index (χ1n) is 4.37. The highest BCUT2D eigenvalue weighted by Crippen LogP contribution is 2.33. The van der Waals surface area contributed by atoms with Gasteiger partial charge in [0.05, 0.1) is 26.0 Å². The molecule has 0 aliphatic carbocycles. The molecule has 1 heterocycles. The number of nitro groups is 1. The second kappa shape index (κ2) is 4.17. The van der Waals surface area contributed by atoms with Gasteiger partial charge in [-0.2, -0.15) is 5.26 Å². The molecule has 84 valence electrons. The van der Waals surface area contributed by atoms with Crippen LogP contribution in [0.4, 0.5) is 5.69 Å². The lowest BCUT2D eigenvalue weighted by atomic mass is 10.1. The van der Waals surface area contributed by atoms with E-state index in [9.17, 15) is 10.1 Å². The van der Waals surface area contributed by atoms with Gasteiger partial charge in [0.25, 0.3) is 5.69 Å². The molecule has 0 spiro atoms. The van der Waals surface area contributed by atoms with Crippen LogP contribution in [0.25, 0.3) is 10.9 Å². The van der Waals surface area contributed by atoms with Crippen LogP contribution in [0.2, 0.25) is 10.0 Å². The first-order valence-corrected chi connectivity index (χ1v) is 5.12. The van der Waals surface area contributed by atoms with E-state index in [-0.39, 0.29) is 21.3 Å². The lowest BCUT2D eigenvalue weighted by Crippen LogP contribution is -1.91. The van der Waals surface area contributed by atoms with Gasteiger partial charge in [-0.3, -0.25) is 15.1 Å². The predicted molar refractivity (Wildman–Crippen MR) is 63.1 cm³/mol. The fraction of sp³-hybridized carbons (Fsp3) is 0. The number of non-ortho nitro benzene ring substituents is 1. The number of nitriles is 1. The van der Waals surface area contributed by atoms with Gasteiger partial charge in [-0.15, -0.1) is 0 Å². The number of nitrogens with zero attached hydrogens (tertiary/aromatic N) is 3. The van der Waals surface area contributed by atoms with Crippen molar-refractivity contribution in [2.24, 2.45) is 0 Å². The zero-order chi connectivity index (χ0) is 12.6. The van der Waals surface area contributed by atoms with Crippen LogP contribution in [-0.2, 0) is 0 Å². The average Bonchev–Trinajstić information content (AvgIpc) is 2.30. The van der Waals surface area contributed by atoms with Crippen LogP contribution in [0.1, 0.15) is 5.56 Å². The molecule has 17 heavy (non-hydrogen) atoms. The van der Waals surface area contributed by atoms with Crippen LogP contribution in [-0.4, -0.2) is 9.91 Å². The Balaban J connectivity index is 2.89. The van der Waals surface area contributed by atoms with Crippen LogP contribution in [0.15, 0.2) is 18.3 Å². The van der Waals surface area contributed by atoms with E-state index in [1.165, 1.54) is 18.3 Å². The van der Waals surface area contributed by atoms with E-state index in [2.05, 4.69) is 4.98 Å². The molecule has 0 aliphatic heterocycles. The number of pyridine rings is 1. The smallest absolute Gasteiger partial charge is 0.258 e. The number of hydrogen-bond donors (Lipinski definition) is 0. The van der Waals surface area contributed by atoms with Crippen LogP contribution in [0.3, 0.4) is 0 Å². The SMILES string of the molecule is N#Cc1cnc2c(Cl)cc([N+](=O)[O-])cc2c1Cl. The highest BCUT2D eigenvalue weighted by Gasteiger charge is 2.15. The van der Waals surface area contributed by atoms with E-state index in [4.69, 9.17) is 28.5 Å². The number of aromatic nitrogens is 1. The van der Waals surface area contributed by atoms with E-state index in [0.717, 1.165) is 0 Å². The van der Waals surface area contributed by atoms with Gasteiger partial charge in [-0.05, 0) is 0 Å². The van der Waals surface area contributed by atoms with Crippen molar-refractivity contribution >= 4 is 39.8 Å². The summed E-state index contributed by atoms with van der Waals surface area (Å²) in [7, 11) is 0. The molecule has 0 aliphatic rings.